The van der Waals surface area contributed by atoms with E-state index in [1.54, 1.807) is 56.3 Å². The normalized spacial score (nSPS) is 14.8. The van der Waals surface area contributed by atoms with Crippen molar-refractivity contribution in [3.05, 3.63) is 90.0 Å². The highest BCUT2D eigenvalue weighted by molar-refractivity contribution is 7.90. The van der Waals surface area contributed by atoms with Crippen LogP contribution in [0.1, 0.15) is 37.4 Å². The highest BCUT2D eigenvalue weighted by Crippen LogP contribution is 2.35. The number of rotatable bonds is 12. The summed E-state index contributed by atoms with van der Waals surface area (Å²) < 4.78 is 75.4. The van der Waals surface area contributed by atoms with Gasteiger partial charge in [-0.3, -0.25) is 14.9 Å². The molecule has 0 fully saturated rings. The predicted octanol–water partition coefficient (Wildman–Crippen LogP) is 4.58. The maximum absolute atomic E-state index is 14.5. The molecule has 0 aliphatic heterocycles. The molecule has 220 valence electrons. The summed E-state index contributed by atoms with van der Waals surface area (Å²) in [5.74, 6) is -2.00. The Kier molecular flexibility index (Phi) is 9.82. The largest absolute Gasteiger partial charge is 0.407 e. The van der Waals surface area contributed by atoms with Gasteiger partial charge in [-0.05, 0) is 46.7 Å². The lowest BCUT2D eigenvalue weighted by Crippen LogP contribution is -2.54. The summed E-state index contributed by atoms with van der Waals surface area (Å²) in [5, 5.41) is 2.71. The molecular weight excluding hydrogens is 555 g/mol. The molecule has 3 aromatic carbocycles. The molecule has 0 unspecified atom stereocenters. The van der Waals surface area contributed by atoms with Crippen LogP contribution in [-0.2, 0) is 25.8 Å². The maximum atomic E-state index is 14.5. The minimum Gasteiger partial charge on any atom is -0.368 e. The van der Waals surface area contributed by atoms with Gasteiger partial charge in [0.2, 0.25) is 11.8 Å². The van der Waals surface area contributed by atoms with Gasteiger partial charge in [-0.2, -0.15) is 13.2 Å². The van der Waals surface area contributed by atoms with Crippen molar-refractivity contribution in [2.24, 2.45) is 11.7 Å². The number of sulfone groups is 1. The van der Waals surface area contributed by atoms with Gasteiger partial charge in [-0.1, -0.05) is 80.6 Å². The highest BCUT2D eigenvalue weighted by atomic mass is 32.2. The Morgan fingerprint density at radius 1 is 0.902 bits per heavy atom. The zero-order chi connectivity index (χ0) is 31.2. The molecule has 0 radical (unpaired) electrons. The number of halogens is 3. The summed E-state index contributed by atoms with van der Waals surface area (Å²) in [6.07, 6.45) is -3.87. The van der Waals surface area contributed by atoms with Crippen LogP contribution in [0.2, 0.25) is 1.41 Å². The average Bonchev–Trinajstić information content (AvgIpc) is 2.91. The van der Waals surface area contributed by atoms with Gasteiger partial charge in [-0.15, -0.1) is 0 Å². The fourth-order valence-corrected chi connectivity index (χ4v) is 4.94. The molecule has 11 heteroatoms. The van der Waals surface area contributed by atoms with Crippen molar-refractivity contribution in [3.63, 3.8) is 0 Å². The number of hydrogen-bond donors (Lipinski definition) is 3. The standard InChI is InChI=1S/C30H34F3N3O4S/c1-19(2)17-26(29(38)36-25(28(34)37)18-20-7-5-4-6-8-20)35-27(30(31,32)33)23-11-9-21(10-12-23)22-13-15-24(16-14-22)41(3,39)40/h4-16,19,25-27,35H,17-18H2,1-3H3,(H2,34,37)(H,36,38)/t25-,26-,27-/m0/s1/i/hD. The first-order chi connectivity index (χ1) is 19.6. The Bertz CT molecular complexity index is 1470. The van der Waals surface area contributed by atoms with E-state index < -0.39 is 46.0 Å². The molecule has 0 bridgehead atoms. The quantitative estimate of drug-likeness (QED) is 0.286. The topological polar surface area (TPSA) is 118 Å². The second-order valence-corrected chi connectivity index (χ2v) is 12.3. The Labute approximate surface area is 239 Å². The van der Waals surface area contributed by atoms with Crippen molar-refractivity contribution in [1.29, 1.82) is 0 Å². The molecule has 0 spiro atoms. The second kappa shape index (κ2) is 13.3. The van der Waals surface area contributed by atoms with Gasteiger partial charge in [0.1, 0.15) is 13.5 Å². The third kappa shape index (κ3) is 9.15. The van der Waals surface area contributed by atoms with E-state index in [9.17, 15) is 31.2 Å². The van der Waals surface area contributed by atoms with E-state index in [0.717, 1.165) is 6.26 Å². The summed E-state index contributed by atoms with van der Waals surface area (Å²) in [4.78, 5) is 25.6. The second-order valence-electron chi connectivity index (χ2n) is 10.3. The van der Waals surface area contributed by atoms with Crippen LogP contribution in [0.3, 0.4) is 0 Å². The summed E-state index contributed by atoms with van der Waals surface area (Å²) in [7, 11) is -3.41. The van der Waals surface area contributed by atoms with Crippen molar-refractivity contribution in [2.75, 3.05) is 6.26 Å². The number of nitrogens with two attached hydrogens (primary N) is 1. The molecular formula is C30H34F3N3O4S. The third-order valence-electron chi connectivity index (χ3n) is 6.42. The fraction of sp³-hybridized carbons (Fsp3) is 0.333. The molecule has 0 saturated heterocycles. The molecule has 0 aliphatic carbocycles. The van der Waals surface area contributed by atoms with Gasteiger partial charge in [0, 0.05) is 12.7 Å². The number of carbonyl (C=O) groups is 2. The zero-order valence-corrected chi connectivity index (χ0v) is 23.7. The average molecular weight is 591 g/mol. The van der Waals surface area contributed by atoms with E-state index >= 15 is 0 Å². The van der Waals surface area contributed by atoms with Crippen molar-refractivity contribution in [1.82, 2.24) is 10.6 Å². The van der Waals surface area contributed by atoms with Crippen LogP contribution < -0.4 is 16.4 Å². The first-order valence-electron chi connectivity index (χ1n) is 13.4. The Balaban J connectivity index is 1.89. The van der Waals surface area contributed by atoms with Gasteiger partial charge in [0.25, 0.3) is 0 Å². The Hall–Kier alpha value is -3.70. The molecule has 0 saturated carbocycles. The minimum absolute atomic E-state index is 0.0453. The molecule has 0 aliphatic rings. The van der Waals surface area contributed by atoms with Crippen LogP contribution >= 0.6 is 0 Å². The van der Waals surface area contributed by atoms with Gasteiger partial charge < -0.3 is 11.1 Å². The van der Waals surface area contributed by atoms with Crippen molar-refractivity contribution < 1.29 is 32.6 Å². The molecule has 3 atom stereocenters. The van der Waals surface area contributed by atoms with Crippen LogP contribution in [-0.4, -0.2) is 44.7 Å². The van der Waals surface area contributed by atoms with Gasteiger partial charge >= 0.3 is 6.18 Å². The van der Waals surface area contributed by atoms with Gasteiger partial charge in [-0.25, -0.2) is 8.42 Å². The smallest absolute Gasteiger partial charge is 0.368 e. The number of hydrogen-bond acceptors (Lipinski definition) is 5. The van der Waals surface area contributed by atoms with Crippen molar-refractivity contribution >= 4 is 21.7 Å². The first-order valence-corrected chi connectivity index (χ1v) is 14.8. The van der Waals surface area contributed by atoms with Crippen LogP contribution in [0.4, 0.5) is 13.2 Å². The lowest BCUT2D eigenvalue weighted by Gasteiger charge is -2.29. The SMILES string of the molecule is [2H]N([C@@H](c1ccc(-c2ccc(S(C)(=O)=O)cc2)cc1)C(F)(F)F)[C@@H](CC(C)C)C(=O)N[C@@H](Cc1ccccc1)C(N)=O. The molecule has 3 rings (SSSR count). The number of nitrogens with one attached hydrogen (secondary N) is 2. The minimum atomic E-state index is -4.91. The molecule has 2 amide bonds. The summed E-state index contributed by atoms with van der Waals surface area (Å²) in [5.41, 5.74) is 7.07. The van der Waals surface area contributed by atoms with Crippen LogP contribution in [0, 0.1) is 5.92 Å². The molecule has 0 aromatic heterocycles. The predicted molar refractivity (Wildman–Crippen MR) is 151 cm³/mol. The van der Waals surface area contributed by atoms with Crippen molar-refractivity contribution in [3.8, 4) is 11.1 Å². The zero-order valence-electron chi connectivity index (χ0n) is 23.9. The van der Waals surface area contributed by atoms with E-state index in [1.165, 1.54) is 36.4 Å². The lowest BCUT2D eigenvalue weighted by molar-refractivity contribution is -0.161. The number of alkyl halides is 3. The molecule has 3 aromatic rings. The van der Waals surface area contributed by atoms with Gasteiger partial charge in [0.05, 0.1) is 10.9 Å². The molecule has 7 nitrogen and oxygen atoms in total. The summed E-state index contributed by atoms with van der Waals surface area (Å²) >= 11 is 0. The maximum Gasteiger partial charge on any atom is 0.407 e. The fourth-order valence-electron chi connectivity index (χ4n) is 4.31. The number of primary amides is 1. The van der Waals surface area contributed by atoms with E-state index in [0.29, 0.717) is 16.7 Å². The Morgan fingerprint density at radius 2 is 1.44 bits per heavy atom. The number of amides is 2. The van der Waals surface area contributed by atoms with Crippen molar-refractivity contribution in [2.45, 2.75) is 55.9 Å². The van der Waals surface area contributed by atoms with E-state index in [2.05, 4.69) is 5.32 Å². The summed E-state index contributed by atoms with van der Waals surface area (Å²) in [6, 6.07) is 14.8. The van der Waals surface area contributed by atoms with Crippen LogP contribution in [0.25, 0.3) is 11.1 Å². The summed E-state index contributed by atoms with van der Waals surface area (Å²) in [6.45, 7) is 3.44. The van der Waals surface area contributed by atoms with E-state index in [-0.39, 0.29) is 34.5 Å². The highest BCUT2D eigenvalue weighted by Gasteiger charge is 2.43. The van der Waals surface area contributed by atoms with E-state index in [1.807, 2.05) is 0 Å². The molecule has 0 heterocycles. The third-order valence-corrected chi connectivity index (χ3v) is 7.55. The number of carbonyl (C=O) groups excluding carboxylic acids is 2. The molecule has 41 heavy (non-hydrogen) atoms. The Morgan fingerprint density at radius 3 is 1.90 bits per heavy atom. The monoisotopic (exact) mass is 590 g/mol. The van der Waals surface area contributed by atoms with Crippen LogP contribution in [0.5, 0.6) is 0 Å². The lowest BCUT2D eigenvalue weighted by atomic mass is 9.97. The van der Waals surface area contributed by atoms with E-state index in [4.69, 9.17) is 7.15 Å². The van der Waals surface area contributed by atoms with Gasteiger partial charge in [0.15, 0.2) is 9.84 Å². The number of benzene rings is 3. The van der Waals surface area contributed by atoms with Crippen LogP contribution in [0.15, 0.2) is 83.8 Å². The molecule has 4 N–H and O–H groups in total. The first kappa shape index (κ1) is 30.3.